The van der Waals surface area contributed by atoms with Gasteiger partial charge in [0.2, 0.25) is 0 Å². The number of carbonyl (C=O) groups is 1. The first-order chi connectivity index (χ1) is 12.7. The molecule has 2 aromatic carbocycles. The lowest BCUT2D eigenvalue weighted by Crippen LogP contribution is -2.44. The highest BCUT2D eigenvalue weighted by atomic mass is 16.2. The second kappa shape index (κ2) is 7.08. The van der Waals surface area contributed by atoms with Gasteiger partial charge in [-0.05, 0) is 42.7 Å². The van der Waals surface area contributed by atoms with Crippen molar-refractivity contribution in [2.75, 3.05) is 11.9 Å². The molecule has 1 aliphatic heterocycles. The van der Waals surface area contributed by atoms with E-state index in [1.807, 2.05) is 42.2 Å². The molecule has 26 heavy (non-hydrogen) atoms. The molecule has 0 fully saturated rings. The Morgan fingerprint density at radius 3 is 2.58 bits per heavy atom. The van der Waals surface area contributed by atoms with E-state index in [0.717, 1.165) is 24.2 Å². The lowest BCUT2D eigenvalue weighted by atomic mass is 10.0. The number of urea groups is 1. The van der Waals surface area contributed by atoms with E-state index >= 15 is 0 Å². The maximum absolute atomic E-state index is 13.1. The standard InChI is InChI=1S/C22H23N3O/c1-17-8-5-6-11-19(17)23-22(26)25-15-14-24-13-7-12-20(24)21(25)16-18-9-3-2-4-10-18/h2-13,21H,14-16H2,1H3,(H,23,26)/t21-/m0/s1. The molecular formula is C22H23N3O. The van der Waals surface area contributed by atoms with Crippen molar-refractivity contribution in [3.05, 3.63) is 89.7 Å². The average molecular weight is 345 g/mol. The summed E-state index contributed by atoms with van der Waals surface area (Å²) in [6, 6.07) is 22.5. The molecule has 132 valence electrons. The Bertz CT molecular complexity index is 901. The zero-order valence-corrected chi connectivity index (χ0v) is 14.9. The monoisotopic (exact) mass is 345 g/mol. The molecule has 0 radical (unpaired) electrons. The van der Waals surface area contributed by atoms with Crippen LogP contribution < -0.4 is 5.32 Å². The summed E-state index contributed by atoms with van der Waals surface area (Å²) in [5, 5.41) is 3.10. The normalized spacial score (nSPS) is 16.2. The van der Waals surface area contributed by atoms with E-state index in [-0.39, 0.29) is 12.1 Å². The van der Waals surface area contributed by atoms with Crippen molar-refractivity contribution in [2.24, 2.45) is 0 Å². The van der Waals surface area contributed by atoms with Crippen molar-refractivity contribution in [3.8, 4) is 0 Å². The van der Waals surface area contributed by atoms with E-state index in [1.54, 1.807) is 0 Å². The summed E-state index contributed by atoms with van der Waals surface area (Å²) in [6.07, 6.45) is 2.91. The van der Waals surface area contributed by atoms with Crippen LogP contribution in [0.5, 0.6) is 0 Å². The molecule has 0 bridgehead atoms. The molecule has 1 aliphatic rings. The number of benzene rings is 2. The van der Waals surface area contributed by atoms with Crippen molar-refractivity contribution < 1.29 is 4.79 Å². The molecule has 1 aromatic heterocycles. The minimum atomic E-state index is -0.0346. The highest BCUT2D eigenvalue weighted by Gasteiger charge is 2.31. The minimum absolute atomic E-state index is 0.0326. The lowest BCUT2D eigenvalue weighted by molar-refractivity contribution is 0.167. The fourth-order valence-corrected chi connectivity index (χ4v) is 3.66. The van der Waals surface area contributed by atoms with Crippen LogP contribution in [0.4, 0.5) is 10.5 Å². The number of aromatic nitrogens is 1. The topological polar surface area (TPSA) is 37.3 Å². The third-order valence-electron chi connectivity index (χ3n) is 5.08. The Morgan fingerprint density at radius 2 is 1.77 bits per heavy atom. The summed E-state index contributed by atoms with van der Waals surface area (Å²) < 4.78 is 2.26. The zero-order valence-electron chi connectivity index (χ0n) is 14.9. The Morgan fingerprint density at radius 1 is 1.00 bits per heavy atom. The number of nitrogens with one attached hydrogen (secondary N) is 1. The number of anilines is 1. The van der Waals surface area contributed by atoms with E-state index < -0.39 is 0 Å². The van der Waals surface area contributed by atoms with E-state index in [2.05, 4.69) is 52.5 Å². The number of carbonyl (C=O) groups excluding carboxylic acids is 1. The van der Waals surface area contributed by atoms with Gasteiger partial charge in [-0.15, -0.1) is 0 Å². The van der Waals surface area contributed by atoms with E-state index in [1.165, 1.54) is 11.3 Å². The van der Waals surface area contributed by atoms with Gasteiger partial charge in [0.05, 0.1) is 6.04 Å². The number of hydrogen-bond acceptors (Lipinski definition) is 1. The average Bonchev–Trinajstić information content (AvgIpc) is 3.14. The minimum Gasteiger partial charge on any atom is -0.348 e. The first-order valence-electron chi connectivity index (χ1n) is 9.04. The van der Waals surface area contributed by atoms with Gasteiger partial charge in [-0.2, -0.15) is 0 Å². The molecule has 4 nitrogen and oxygen atoms in total. The SMILES string of the molecule is Cc1ccccc1NC(=O)N1CCn2cccc2[C@@H]1Cc1ccccc1. The summed E-state index contributed by atoms with van der Waals surface area (Å²) >= 11 is 0. The molecule has 0 unspecified atom stereocenters. The van der Waals surface area contributed by atoms with Gasteiger partial charge in [-0.3, -0.25) is 0 Å². The van der Waals surface area contributed by atoms with Gasteiger partial charge in [-0.25, -0.2) is 4.79 Å². The smallest absolute Gasteiger partial charge is 0.322 e. The largest absolute Gasteiger partial charge is 0.348 e. The predicted molar refractivity (Wildman–Crippen MR) is 104 cm³/mol. The maximum atomic E-state index is 13.1. The quantitative estimate of drug-likeness (QED) is 0.738. The van der Waals surface area contributed by atoms with Gasteiger partial charge in [0, 0.05) is 30.7 Å². The van der Waals surface area contributed by atoms with Gasteiger partial charge in [0.15, 0.2) is 0 Å². The molecule has 4 heteroatoms. The van der Waals surface area contributed by atoms with Crippen molar-refractivity contribution in [2.45, 2.75) is 25.9 Å². The van der Waals surface area contributed by atoms with Crippen LogP contribution in [0.25, 0.3) is 0 Å². The molecular weight excluding hydrogens is 322 g/mol. The van der Waals surface area contributed by atoms with Crippen molar-refractivity contribution >= 4 is 11.7 Å². The summed E-state index contributed by atoms with van der Waals surface area (Å²) in [5.41, 5.74) is 4.37. The molecule has 2 heterocycles. The molecule has 0 saturated heterocycles. The molecule has 3 aromatic rings. The van der Waals surface area contributed by atoms with Crippen molar-refractivity contribution in [3.63, 3.8) is 0 Å². The fraction of sp³-hybridized carbons (Fsp3) is 0.227. The third kappa shape index (κ3) is 3.23. The number of hydrogen-bond donors (Lipinski definition) is 1. The Hall–Kier alpha value is -3.01. The van der Waals surface area contributed by atoms with Gasteiger partial charge in [-0.1, -0.05) is 48.5 Å². The van der Waals surface area contributed by atoms with Crippen molar-refractivity contribution in [1.29, 1.82) is 0 Å². The van der Waals surface area contributed by atoms with Crippen LogP contribution in [-0.4, -0.2) is 22.0 Å². The zero-order chi connectivity index (χ0) is 17.9. The van der Waals surface area contributed by atoms with Gasteiger partial charge in [0.1, 0.15) is 0 Å². The number of fused-ring (bicyclic) bond motifs is 1. The first kappa shape index (κ1) is 16.5. The molecule has 1 N–H and O–H groups in total. The molecule has 4 rings (SSSR count). The molecule has 2 amide bonds. The number of rotatable bonds is 3. The van der Waals surface area contributed by atoms with E-state index in [9.17, 15) is 4.79 Å². The third-order valence-corrected chi connectivity index (χ3v) is 5.08. The predicted octanol–water partition coefficient (Wildman–Crippen LogP) is 4.63. The summed E-state index contributed by atoms with van der Waals surface area (Å²) in [4.78, 5) is 15.0. The Labute approximate surface area is 154 Å². The maximum Gasteiger partial charge on any atom is 0.322 e. The second-order valence-corrected chi connectivity index (χ2v) is 6.77. The van der Waals surface area contributed by atoms with Gasteiger partial charge >= 0.3 is 6.03 Å². The van der Waals surface area contributed by atoms with E-state index in [0.29, 0.717) is 6.54 Å². The van der Waals surface area contributed by atoms with Crippen LogP contribution in [0.1, 0.15) is 22.9 Å². The Balaban J connectivity index is 1.61. The van der Waals surface area contributed by atoms with Crippen LogP contribution in [0.2, 0.25) is 0 Å². The van der Waals surface area contributed by atoms with Crippen LogP contribution in [0, 0.1) is 6.92 Å². The number of amides is 2. The number of nitrogens with zero attached hydrogens (tertiary/aromatic N) is 2. The highest BCUT2D eigenvalue weighted by molar-refractivity contribution is 5.90. The first-order valence-corrected chi connectivity index (χ1v) is 9.04. The highest BCUT2D eigenvalue weighted by Crippen LogP contribution is 2.30. The Kier molecular flexibility index (Phi) is 4.48. The molecule has 0 saturated carbocycles. The van der Waals surface area contributed by atoms with Gasteiger partial charge < -0.3 is 14.8 Å². The summed E-state index contributed by atoms with van der Waals surface area (Å²) in [5.74, 6) is 0. The van der Waals surface area contributed by atoms with Crippen molar-refractivity contribution in [1.82, 2.24) is 9.47 Å². The van der Waals surface area contributed by atoms with Crippen LogP contribution in [-0.2, 0) is 13.0 Å². The molecule has 0 aliphatic carbocycles. The summed E-state index contributed by atoms with van der Waals surface area (Å²) in [7, 11) is 0. The van der Waals surface area contributed by atoms with Gasteiger partial charge in [0.25, 0.3) is 0 Å². The molecule has 0 spiro atoms. The van der Waals surface area contributed by atoms with Crippen LogP contribution in [0.3, 0.4) is 0 Å². The van der Waals surface area contributed by atoms with E-state index in [4.69, 9.17) is 0 Å². The second-order valence-electron chi connectivity index (χ2n) is 6.77. The summed E-state index contributed by atoms with van der Waals surface area (Å²) in [6.45, 7) is 3.55. The lowest BCUT2D eigenvalue weighted by Gasteiger charge is -2.37. The molecule has 1 atom stereocenters. The number of aryl methyl sites for hydroxylation is 1. The van der Waals surface area contributed by atoms with Crippen LogP contribution in [0.15, 0.2) is 72.9 Å². The fourth-order valence-electron chi connectivity index (χ4n) is 3.66. The van der Waals surface area contributed by atoms with Crippen LogP contribution >= 0.6 is 0 Å². The number of para-hydroxylation sites is 1.